The summed E-state index contributed by atoms with van der Waals surface area (Å²) in [6, 6.07) is 16.5. The van der Waals surface area contributed by atoms with Crippen molar-refractivity contribution in [3.63, 3.8) is 0 Å². The van der Waals surface area contributed by atoms with Gasteiger partial charge >= 0.3 is 0 Å². The highest BCUT2D eigenvalue weighted by atomic mass is 35.5. The van der Waals surface area contributed by atoms with Gasteiger partial charge in [0, 0.05) is 17.6 Å². The minimum atomic E-state index is 0.336. The standard InChI is InChI=1S/C18H22ClNO/c1-3-18(15-7-9-16(19)10-8-15)20-11-12-21-17-6-4-5-14(2)13-17/h4-10,13,18,20H,3,11-12H2,1-2H3. The van der Waals surface area contributed by atoms with Crippen molar-refractivity contribution < 1.29 is 4.74 Å². The van der Waals surface area contributed by atoms with E-state index in [0.29, 0.717) is 12.6 Å². The van der Waals surface area contributed by atoms with Gasteiger partial charge < -0.3 is 10.1 Å². The molecule has 1 unspecified atom stereocenters. The van der Waals surface area contributed by atoms with Gasteiger partial charge in [-0.1, -0.05) is 42.8 Å². The third kappa shape index (κ3) is 5.07. The fourth-order valence-electron chi connectivity index (χ4n) is 2.30. The summed E-state index contributed by atoms with van der Waals surface area (Å²) in [5.74, 6) is 0.927. The highest BCUT2D eigenvalue weighted by molar-refractivity contribution is 6.30. The molecule has 2 nitrogen and oxygen atoms in total. The molecule has 112 valence electrons. The van der Waals surface area contributed by atoms with Crippen LogP contribution in [0.5, 0.6) is 5.75 Å². The predicted molar refractivity (Wildman–Crippen MR) is 89.2 cm³/mol. The van der Waals surface area contributed by atoms with E-state index >= 15 is 0 Å². The van der Waals surface area contributed by atoms with Crippen LogP contribution in [0.1, 0.15) is 30.5 Å². The van der Waals surface area contributed by atoms with Gasteiger partial charge in [-0.2, -0.15) is 0 Å². The Morgan fingerprint density at radius 3 is 2.57 bits per heavy atom. The normalized spacial score (nSPS) is 12.1. The smallest absolute Gasteiger partial charge is 0.119 e. The molecule has 2 rings (SSSR count). The molecule has 0 aliphatic heterocycles. The lowest BCUT2D eigenvalue weighted by molar-refractivity contribution is 0.304. The number of benzene rings is 2. The van der Waals surface area contributed by atoms with E-state index in [1.54, 1.807) is 0 Å². The van der Waals surface area contributed by atoms with Crippen LogP contribution in [0.15, 0.2) is 48.5 Å². The number of nitrogens with one attached hydrogen (secondary N) is 1. The zero-order valence-corrected chi connectivity index (χ0v) is 13.4. The number of aryl methyl sites for hydroxylation is 1. The van der Waals surface area contributed by atoms with Gasteiger partial charge in [0.2, 0.25) is 0 Å². The lowest BCUT2D eigenvalue weighted by Crippen LogP contribution is -2.25. The van der Waals surface area contributed by atoms with Gasteiger partial charge in [0.05, 0.1) is 0 Å². The van der Waals surface area contributed by atoms with Crippen molar-refractivity contribution in [2.75, 3.05) is 13.2 Å². The Labute approximate surface area is 132 Å². The minimum absolute atomic E-state index is 0.336. The van der Waals surface area contributed by atoms with Crippen LogP contribution < -0.4 is 10.1 Å². The molecule has 1 N–H and O–H groups in total. The van der Waals surface area contributed by atoms with E-state index in [2.05, 4.69) is 43.4 Å². The number of ether oxygens (including phenoxy) is 1. The van der Waals surface area contributed by atoms with E-state index in [-0.39, 0.29) is 0 Å². The summed E-state index contributed by atoms with van der Waals surface area (Å²) in [7, 11) is 0. The SMILES string of the molecule is CCC(NCCOc1cccc(C)c1)c1ccc(Cl)cc1. The van der Waals surface area contributed by atoms with Crippen molar-refractivity contribution in [1.82, 2.24) is 5.32 Å². The second-order valence-corrected chi connectivity index (χ2v) is 5.57. The zero-order chi connectivity index (χ0) is 15.1. The Balaban J connectivity index is 1.79. The van der Waals surface area contributed by atoms with E-state index in [0.717, 1.165) is 23.7 Å². The topological polar surface area (TPSA) is 21.3 Å². The lowest BCUT2D eigenvalue weighted by Gasteiger charge is -2.18. The van der Waals surface area contributed by atoms with Crippen LogP contribution in [0.4, 0.5) is 0 Å². The molecule has 0 radical (unpaired) electrons. The highest BCUT2D eigenvalue weighted by Gasteiger charge is 2.08. The van der Waals surface area contributed by atoms with Gasteiger partial charge in [0.15, 0.2) is 0 Å². The Bertz CT molecular complexity index is 553. The van der Waals surface area contributed by atoms with Gasteiger partial charge in [0.1, 0.15) is 12.4 Å². The Hall–Kier alpha value is -1.51. The molecular weight excluding hydrogens is 282 g/mol. The minimum Gasteiger partial charge on any atom is -0.492 e. The van der Waals surface area contributed by atoms with Crippen molar-refractivity contribution in [3.05, 3.63) is 64.7 Å². The predicted octanol–water partition coefficient (Wildman–Crippen LogP) is 4.77. The summed E-state index contributed by atoms with van der Waals surface area (Å²) in [5.41, 5.74) is 2.48. The first kappa shape index (κ1) is 15.9. The largest absolute Gasteiger partial charge is 0.492 e. The van der Waals surface area contributed by atoms with E-state index in [1.807, 2.05) is 24.3 Å². The van der Waals surface area contributed by atoms with E-state index in [1.165, 1.54) is 11.1 Å². The number of hydrogen-bond acceptors (Lipinski definition) is 2. The van der Waals surface area contributed by atoms with E-state index in [9.17, 15) is 0 Å². The van der Waals surface area contributed by atoms with E-state index in [4.69, 9.17) is 16.3 Å². The van der Waals surface area contributed by atoms with Crippen LogP contribution in [0, 0.1) is 6.92 Å². The maximum absolute atomic E-state index is 5.93. The molecule has 0 saturated heterocycles. The summed E-state index contributed by atoms with van der Waals surface area (Å²) >= 11 is 5.93. The zero-order valence-electron chi connectivity index (χ0n) is 12.6. The van der Waals surface area contributed by atoms with Gasteiger partial charge in [0.25, 0.3) is 0 Å². The van der Waals surface area contributed by atoms with Crippen molar-refractivity contribution >= 4 is 11.6 Å². The number of hydrogen-bond donors (Lipinski definition) is 1. The summed E-state index contributed by atoms with van der Waals surface area (Å²) in [5, 5.41) is 4.30. The Morgan fingerprint density at radius 1 is 1.14 bits per heavy atom. The molecule has 0 bridgehead atoms. The molecule has 21 heavy (non-hydrogen) atoms. The second-order valence-electron chi connectivity index (χ2n) is 5.13. The molecule has 1 atom stereocenters. The van der Waals surface area contributed by atoms with Gasteiger partial charge in [-0.15, -0.1) is 0 Å². The quantitative estimate of drug-likeness (QED) is 0.744. The third-order valence-electron chi connectivity index (χ3n) is 3.43. The van der Waals surface area contributed by atoms with E-state index < -0.39 is 0 Å². The molecule has 0 amide bonds. The highest BCUT2D eigenvalue weighted by Crippen LogP contribution is 2.19. The molecule has 2 aromatic carbocycles. The molecule has 0 saturated carbocycles. The molecule has 0 fully saturated rings. The molecule has 2 aromatic rings. The summed E-state index contributed by atoms with van der Waals surface area (Å²) < 4.78 is 5.75. The van der Waals surface area contributed by atoms with Gasteiger partial charge in [-0.25, -0.2) is 0 Å². The van der Waals surface area contributed by atoms with Crippen molar-refractivity contribution in [2.45, 2.75) is 26.3 Å². The van der Waals surface area contributed by atoms with Crippen molar-refractivity contribution in [1.29, 1.82) is 0 Å². The molecule has 0 spiro atoms. The fourth-order valence-corrected chi connectivity index (χ4v) is 2.43. The molecule has 3 heteroatoms. The molecule has 0 aliphatic rings. The number of halogens is 1. The van der Waals surface area contributed by atoms with Crippen LogP contribution >= 0.6 is 11.6 Å². The van der Waals surface area contributed by atoms with Crippen LogP contribution in [0.25, 0.3) is 0 Å². The van der Waals surface area contributed by atoms with Crippen molar-refractivity contribution in [3.8, 4) is 5.75 Å². The molecule has 0 aromatic heterocycles. The first-order valence-corrected chi connectivity index (χ1v) is 7.75. The summed E-state index contributed by atoms with van der Waals surface area (Å²) in [4.78, 5) is 0. The average molecular weight is 304 g/mol. The van der Waals surface area contributed by atoms with Crippen LogP contribution in [-0.2, 0) is 0 Å². The summed E-state index contributed by atoms with van der Waals surface area (Å²) in [6.45, 7) is 5.72. The van der Waals surface area contributed by atoms with Crippen LogP contribution in [0.3, 0.4) is 0 Å². The lowest BCUT2D eigenvalue weighted by atomic mass is 10.0. The Morgan fingerprint density at radius 2 is 1.90 bits per heavy atom. The molecule has 0 heterocycles. The molecule has 0 aliphatic carbocycles. The number of rotatable bonds is 7. The van der Waals surface area contributed by atoms with Crippen LogP contribution in [0.2, 0.25) is 5.02 Å². The van der Waals surface area contributed by atoms with Gasteiger partial charge in [-0.3, -0.25) is 0 Å². The molecular formula is C18H22ClNO. The first-order chi connectivity index (χ1) is 10.2. The van der Waals surface area contributed by atoms with Gasteiger partial charge in [-0.05, 0) is 48.7 Å². The van der Waals surface area contributed by atoms with Crippen LogP contribution in [-0.4, -0.2) is 13.2 Å². The third-order valence-corrected chi connectivity index (χ3v) is 3.68. The monoisotopic (exact) mass is 303 g/mol. The summed E-state index contributed by atoms with van der Waals surface area (Å²) in [6.07, 6.45) is 1.03. The maximum Gasteiger partial charge on any atom is 0.119 e. The second kappa shape index (κ2) is 8.06. The average Bonchev–Trinajstić information content (AvgIpc) is 2.49. The first-order valence-electron chi connectivity index (χ1n) is 7.37. The Kier molecular flexibility index (Phi) is 6.09. The maximum atomic E-state index is 5.93. The van der Waals surface area contributed by atoms with Crippen molar-refractivity contribution in [2.24, 2.45) is 0 Å². The fraction of sp³-hybridized carbons (Fsp3) is 0.333.